The number of hydrogen-bond acceptors (Lipinski definition) is 4. The average Bonchev–Trinajstić information content (AvgIpc) is 2.96. The summed E-state index contributed by atoms with van der Waals surface area (Å²) in [6.45, 7) is 9.82. The molecule has 21 heavy (non-hydrogen) atoms. The zero-order valence-corrected chi connectivity index (χ0v) is 13.0. The molecule has 0 saturated carbocycles. The second-order valence-corrected chi connectivity index (χ2v) is 5.80. The number of nitrogens with zero attached hydrogens (tertiary/aromatic N) is 2. The van der Waals surface area contributed by atoms with Gasteiger partial charge in [0.1, 0.15) is 5.82 Å². The number of hydrogen-bond donors (Lipinski definition) is 1. The van der Waals surface area contributed by atoms with Gasteiger partial charge in [0, 0.05) is 12.5 Å². The van der Waals surface area contributed by atoms with Gasteiger partial charge in [0.25, 0.3) is 0 Å². The molecular formula is C16H22FN3O. The Labute approximate surface area is 124 Å². The third-order valence-electron chi connectivity index (χ3n) is 3.69. The van der Waals surface area contributed by atoms with Crippen molar-refractivity contribution in [1.82, 2.24) is 15.5 Å². The normalized spacial score (nSPS) is 13.4. The van der Waals surface area contributed by atoms with Crippen molar-refractivity contribution in [2.75, 3.05) is 13.1 Å². The van der Waals surface area contributed by atoms with Crippen molar-refractivity contribution in [3.63, 3.8) is 0 Å². The van der Waals surface area contributed by atoms with E-state index in [0.29, 0.717) is 11.7 Å². The van der Waals surface area contributed by atoms with E-state index in [0.717, 1.165) is 18.7 Å². The number of halogens is 1. The van der Waals surface area contributed by atoms with Crippen LogP contribution in [-0.2, 0) is 5.41 Å². The molecule has 4 nitrogen and oxygen atoms in total. The smallest absolute Gasteiger partial charge is 0.230 e. The van der Waals surface area contributed by atoms with Gasteiger partial charge in [-0.05, 0) is 38.1 Å². The molecule has 0 aliphatic rings. The molecule has 0 radical (unpaired) electrons. The summed E-state index contributed by atoms with van der Waals surface area (Å²) in [6, 6.07) is 6.42. The summed E-state index contributed by atoms with van der Waals surface area (Å²) in [5.74, 6) is 1.16. The van der Waals surface area contributed by atoms with Crippen LogP contribution in [-0.4, -0.2) is 23.2 Å². The van der Waals surface area contributed by atoms with Crippen molar-refractivity contribution in [3.8, 4) is 0 Å². The standard InChI is InChI=1S/C16H22FN3O/c1-5-18-10-11(2)14-19-15(20-21-14)16(3,4)12-6-8-13(17)9-7-12/h6-9,11,18H,5,10H2,1-4H3. The van der Waals surface area contributed by atoms with Crippen LogP contribution in [0.2, 0.25) is 0 Å². The minimum absolute atomic E-state index is 0.162. The Bertz CT molecular complexity index is 577. The Balaban J connectivity index is 2.21. The molecule has 0 bridgehead atoms. The second-order valence-electron chi connectivity index (χ2n) is 5.80. The monoisotopic (exact) mass is 291 g/mol. The highest BCUT2D eigenvalue weighted by Gasteiger charge is 2.29. The fourth-order valence-electron chi connectivity index (χ4n) is 2.13. The van der Waals surface area contributed by atoms with E-state index in [9.17, 15) is 4.39 Å². The zero-order chi connectivity index (χ0) is 15.5. The molecule has 1 N–H and O–H groups in total. The maximum absolute atomic E-state index is 13.0. The first kappa shape index (κ1) is 15.6. The second kappa shape index (κ2) is 6.35. The number of rotatable bonds is 6. The van der Waals surface area contributed by atoms with Crippen LogP contribution in [0, 0.1) is 5.82 Å². The van der Waals surface area contributed by atoms with Gasteiger partial charge < -0.3 is 9.84 Å². The highest BCUT2D eigenvalue weighted by atomic mass is 19.1. The molecule has 0 amide bonds. The van der Waals surface area contributed by atoms with Gasteiger partial charge in [0.15, 0.2) is 5.82 Å². The summed E-state index contributed by atoms with van der Waals surface area (Å²) in [5.41, 5.74) is 0.531. The fourth-order valence-corrected chi connectivity index (χ4v) is 2.13. The Hall–Kier alpha value is -1.75. The molecule has 0 fully saturated rings. The predicted molar refractivity (Wildman–Crippen MR) is 79.8 cm³/mol. The summed E-state index contributed by atoms with van der Waals surface area (Å²) < 4.78 is 18.4. The van der Waals surface area contributed by atoms with Crippen LogP contribution in [0.5, 0.6) is 0 Å². The number of nitrogens with one attached hydrogen (secondary N) is 1. The minimum atomic E-state index is -0.423. The maximum Gasteiger partial charge on any atom is 0.230 e. The van der Waals surface area contributed by atoms with Crippen molar-refractivity contribution >= 4 is 0 Å². The van der Waals surface area contributed by atoms with Crippen LogP contribution >= 0.6 is 0 Å². The van der Waals surface area contributed by atoms with E-state index in [1.54, 1.807) is 12.1 Å². The molecule has 114 valence electrons. The van der Waals surface area contributed by atoms with Gasteiger partial charge in [-0.2, -0.15) is 4.98 Å². The molecule has 1 unspecified atom stereocenters. The Kier molecular flexibility index (Phi) is 4.73. The zero-order valence-electron chi connectivity index (χ0n) is 13.0. The largest absolute Gasteiger partial charge is 0.339 e. The number of aromatic nitrogens is 2. The van der Waals surface area contributed by atoms with Gasteiger partial charge in [-0.1, -0.05) is 31.1 Å². The number of benzene rings is 1. The van der Waals surface area contributed by atoms with Crippen LogP contribution in [0.1, 0.15) is 50.9 Å². The topological polar surface area (TPSA) is 51.0 Å². The average molecular weight is 291 g/mol. The highest BCUT2D eigenvalue weighted by molar-refractivity contribution is 5.30. The van der Waals surface area contributed by atoms with E-state index in [2.05, 4.69) is 22.4 Å². The van der Waals surface area contributed by atoms with E-state index < -0.39 is 5.41 Å². The SMILES string of the molecule is CCNCC(C)c1nc(C(C)(C)c2ccc(F)cc2)no1. The predicted octanol–water partition coefficient (Wildman–Crippen LogP) is 3.25. The lowest BCUT2D eigenvalue weighted by Crippen LogP contribution is -2.22. The van der Waals surface area contributed by atoms with Crippen molar-refractivity contribution in [3.05, 3.63) is 47.4 Å². The molecule has 0 spiro atoms. The Morgan fingerprint density at radius 3 is 2.57 bits per heavy atom. The third-order valence-corrected chi connectivity index (χ3v) is 3.69. The molecule has 1 aromatic heterocycles. The van der Waals surface area contributed by atoms with Gasteiger partial charge in [0.05, 0.1) is 5.41 Å². The lowest BCUT2D eigenvalue weighted by molar-refractivity contribution is 0.346. The van der Waals surface area contributed by atoms with Crippen LogP contribution < -0.4 is 5.32 Å². The molecule has 1 heterocycles. The summed E-state index contributed by atoms with van der Waals surface area (Å²) in [7, 11) is 0. The lowest BCUT2D eigenvalue weighted by Gasteiger charge is -2.20. The van der Waals surface area contributed by atoms with E-state index in [-0.39, 0.29) is 11.7 Å². The third kappa shape index (κ3) is 3.47. The van der Waals surface area contributed by atoms with E-state index in [1.807, 2.05) is 20.8 Å². The van der Waals surface area contributed by atoms with Crippen LogP contribution in [0.15, 0.2) is 28.8 Å². The first-order valence-electron chi connectivity index (χ1n) is 7.26. The first-order valence-corrected chi connectivity index (χ1v) is 7.26. The van der Waals surface area contributed by atoms with Crippen LogP contribution in [0.25, 0.3) is 0 Å². The molecule has 0 aliphatic carbocycles. The van der Waals surface area contributed by atoms with Crippen molar-refractivity contribution in [1.29, 1.82) is 0 Å². The number of likely N-dealkylation sites (N-methyl/N-ethyl adjacent to an activating group) is 1. The van der Waals surface area contributed by atoms with E-state index >= 15 is 0 Å². The molecule has 5 heteroatoms. The molecule has 2 rings (SSSR count). The summed E-state index contributed by atoms with van der Waals surface area (Å²) >= 11 is 0. The van der Waals surface area contributed by atoms with Crippen LogP contribution in [0.4, 0.5) is 4.39 Å². The molecule has 1 aromatic carbocycles. The summed E-state index contributed by atoms with van der Waals surface area (Å²) in [5, 5.41) is 7.37. The van der Waals surface area contributed by atoms with E-state index in [4.69, 9.17) is 4.52 Å². The lowest BCUT2D eigenvalue weighted by atomic mass is 9.84. The minimum Gasteiger partial charge on any atom is -0.339 e. The Morgan fingerprint density at radius 1 is 1.29 bits per heavy atom. The first-order chi connectivity index (χ1) is 9.95. The summed E-state index contributed by atoms with van der Waals surface area (Å²) in [4.78, 5) is 4.52. The molecule has 2 aromatic rings. The fraction of sp³-hybridized carbons (Fsp3) is 0.500. The summed E-state index contributed by atoms with van der Waals surface area (Å²) in [6.07, 6.45) is 0. The van der Waals surface area contributed by atoms with Gasteiger partial charge in [-0.25, -0.2) is 4.39 Å². The quantitative estimate of drug-likeness (QED) is 0.887. The maximum atomic E-state index is 13.0. The van der Waals surface area contributed by atoms with Gasteiger partial charge in [0.2, 0.25) is 5.89 Å². The van der Waals surface area contributed by atoms with Crippen molar-refractivity contribution in [2.24, 2.45) is 0 Å². The molecule has 0 aliphatic heterocycles. The molecular weight excluding hydrogens is 269 g/mol. The van der Waals surface area contributed by atoms with Crippen molar-refractivity contribution in [2.45, 2.75) is 39.0 Å². The van der Waals surface area contributed by atoms with E-state index in [1.165, 1.54) is 12.1 Å². The van der Waals surface area contributed by atoms with Gasteiger partial charge >= 0.3 is 0 Å². The Morgan fingerprint density at radius 2 is 1.95 bits per heavy atom. The van der Waals surface area contributed by atoms with Crippen molar-refractivity contribution < 1.29 is 8.91 Å². The molecule has 1 atom stereocenters. The molecule has 0 saturated heterocycles. The van der Waals surface area contributed by atoms with Gasteiger partial charge in [-0.3, -0.25) is 0 Å². The van der Waals surface area contributed by atoms with Gasteiger partial charge in [-0.15, -0.1) is 0 Å². The highest BCUT2D eigenvalue weighted by Crippen LogP contribution is 2.30. The van der Waals surface area contributed by atoms with Crippen LogP contribution in [0.3, 0.4) is 0 Å².